The van der Waals surface area contributed by atoms with Gasteiger partial charge in [-0.25, -0.2) is 4.39 Å². The first-order valence-electron chi connectivity index (χ1n) is 8.93. The molecule has 1 amide bonds. The number of benzene rings is 1. The number of piperidine rings is 1. The Morgan fingerprint density at radius 2 is 2.12 bits per heavy atom. The lowest BCUT2D eigenvalue weighted by atomic mass is 9.80. The number of hydrazine groups is 1. The minimum absolute atomic E-state index is 0.187. The Morgan fingerprint density at radius 1 is 1.40 bits per heavy atom. The van der Waals surface area contributed by atoms with Gasteiger partial charge in [-0.3, -0.25) is 15.6 Å². The predicted molar refractivity (Wildman–Crippen MR) is 93.0 cm³/mol. The van der Waals surface area contributed by atoms with Crippen molar-refractivity contribution in [2.75, 3.05) is 19.6 Å². The van der Waals surface area contributed by atoms with E-state index in [9.17, 15) is 14.3 Å². The highest BCUT2D eigenvalue weighted by atomic mass is 19.1. The maximum absolute atomic E-state index is 13.6. The third-order valence-corrected chi connectivity index (χ3v) is 5.47. The molecule has 0 radical (unpaired) electrons. The van der Waals surface area contributed by atoms with Crippen molar-refractivity contribution in [2.24, 2.45) is 11.7 Å². The lowest BCUT2D eigenvalue weighted by Gasteiger charge is -2.37. The molecule has 2 aliphatic rings. The van der Waals surface area contributed by atoms with Crippen LogP contribution < -0.4 is 16.6 Å². The van der Waals surface area contributed by atoms with Gasteiger partial charge in [0.25, 0.3) is 0 Å². The van der Waals surface area contributed by atoms with Crippen molar-refractivity contribution in [3.63, 3.8) is 0 Å². The van der Waals surface area contributed by atoms with Crippen molar-refractivity contribution < 1.29 is 14.3 Å². The average Bonchev–Trinajstić information content (AvgIpc) is 3.10. The second-order valence-electron chi connectivity index (χ2n) is 7.14. The summed E-state index contributed by atoms with van der Waals surface area (Å²) in [6.07, 6.45) is 0.885. The fourth-order valence-electron chi connectivity index (χ4n) is 3.92. The van der Waals surface area contributed by atoms with Crippen LogP contribution >= 0.6 is 0 Å². The molecule has 0 aromatic heterocycles. The average molecular weight is 350 g/mol. The Morgan fingerprint density at radius 3 is 2.76 bits per heavy atom. The van der Waals surface area contributed by atoms with E-state index >= 15 is 0 Å². The summed E-state index contributed by atoms with van der Waals surface area (Å²) in [5.41, 5.74) is 13.3. The van der Waals surface area contributed by atoms with E-state index in [0.29, 0.717) is 19.0 Å². The Balaban J connectivity index is 1.61. The largest absolute Gasteiger partial charge is 0.391 e. The van der Waals surface area contributed by atoms with E-state index in [1.807, 2.05) is 6.07 Å². The monoisotopic (exact) mass is 350 g/mol. The van der Waals surface area contributed by atoms with Crippen LogP contribution in [0.5, 0.6) is 0 Å². The quantitative estimate of drug-likeness (QED) is 0.628. The first-order chi connectivity index (χ1) is 12.0. The number of nitrogens with zero attached hydrogens (tertiary/aromatic N) is 1. The van der Waals surface area contributed by atoms with E-state index in [2.05, 4.69) is 10.9 Å². The molecule has 3 rings (SSSR count). The van der Waals surface area contributed by atoms with E-state index < -0.39 is 12.1 Å². The Bertz CT molecular complexity index is 604. The number of nitrogens with one attached hydrogen (secondary N) is 2. The van der Waals surface area contributed by atoms with Gasteiger partial charge in [-0.1, -0.05) is 12.1 Å². The van der Waals surface area contributed by atoms with Crippen LogP contribution in [-0.4, -0.2) is 53.7 Å². The second-order valence-corrected chi connectivity index (χ2v) is 7.14. The minimum atomic E-state index is -0.858. The molecule has 138 valence electrons. The highest BCUT2D eigenvalue weighted by Crippen LogP contribution is 2.32. The molecule has 0 spiro atoms. The standard InChI is InChI=1S/C18H27FN4O2/c1-11(24)16(20)18(25)23-7-5-12(6-8-23)17-15(10-21-22-17)13-3-2-4-14(19)9-13/h2-4,9,11-12,15-17,21-22,24H,5-8,10,20H2,1H3/t11-,15?,16+,17?/m1/s1. The van der Waals surface area contributed by atoms with Crippen LogP contribution in [-0.2, 0) is 4.79 Å². The number of aliphatic hydroxyl groups is 1. The maximum Gasteiger partial charge on any atom is 0.242 e. The third-order valence-electron chi connectivity index (χ3n) is 5.47. The van der Waals surface area contributed by atoms with Crippen molar-refractivity contribution in [1.29, 1.82) is 0 Å². The molecule has 2 fully saturated rings. The van der Waals surface area contributed by atoms with E-state index in [1.54, 1.807) is 17.0 Å². The molecule has 0 aliphatic carbocycles. The summed E-state index contributed by atoms with van der Waals surface area (Å²) in [5.74, 6) is 0.209. The Hall–Kier alpha value is -1.54. The van der Waals surface area contributed by atoms with Crippen LogP contribution in [0, 0.1) is 11.7 Å². The van der Waals surface area contributed by atoms with Gasteiger partial charge in [-0.15, -0.1) is 0 Å². The summed E-state index contributed by atoms with van der Waals surface area (Å²) < 4.78 is 13.6. The minimum Gasteiger partial charge on any atom is -0.391 e. The van der Waals surface area contributed by atoms with Gasteiger partial charge in [0.1, 0.15) is 11.9 Å². The molecule has 5 N–H and O–H groups in total. The fraction of sp³-hybridized carbons (Fsp3) is 0.611. The summed E-state index contributed by atoms with van der Waals surface area (Å²) in [6, 6.07) is 6.14. The molecular formula is C18H27FN4O2. The number of amides is 1. The molecule has 0 saturated carbocycles. The number of hydrogen-bond donors (Lipinski definition) is 4. The number of aliphatic hydroxyl groups excluding tert-OH is 1. The Labute approximate surface area is 147 Å². The molecule has 6 nitrogen and oxygen atoms in total. The van der Waals surface area contributed by atoms with Crippen LogP contribution in [0.3, 0.4) is 0 Å². The molecule has 2 saturated heterocycles. The summed E-state index contributed by atoms with van der Waals surface area (Å²) in [7, 11) is 0. The molecule has 2 aliphatic heterocycles. The summed E-state index contributed by atoms with van der Waals surface area (Å²) in [5, 5.41) is 9.51. The zero-order valence-electron chi connectivity index (χ0n) is 14.5. The van der Waals surface area contributed by atoms with E-state index in [0.717, 1.165) is 24.9 Å². The predicted octanol–water partition coefficient (Wildman–Crippen LogP) is 0.332. The van der Waals surface area contributed by atoms with Crippen molar-refractivity contribution in [3.8, 4) is 0 Å². The summed E-state index contributed by atoms with van der Waals surface area (Å²) >= 11 is 0. The molecule has 1 aromatic rings. The molecule has 2 unspecified atom stereocenters. The van der Waals surface area contributed by atoms with Crippen LogP contribution in [0.15, 0.2) is 24.3 Å². The van der Waals surface area contributed by atoms with Gasteiger partial charge in [0.2, 0.25) is 5.91 Å². The van der Waals surface area contributed by atoms with Gasteiger partial charge in [0.05, 0.1) is 6.10 Å². The van der Waals surface area contributed by atoms with Crippen molar-refractivity contribution in [2.45, 2.75) is 43.9 Å². The van der Waals surface area contributed by atoms with Crippen LogP contribution in [0.1, 0.15) is 31.2 Å². The molecular weight excluding hydrogens is 323 g/mol. The lowest BCUT2D eigenvalue weighted by Crippen LogP contribution is -2.53. The molecule has 0 bridgehead atoms. The normalized spacial score (nSPS) is 27.3. The van der Waals surface area contributed by atoms with Crippen LogP contribution in [0.4, 0.5) is 4.39 Å². The van der Waals surface area contributed by atoms with E-state index in [-0.39, 0.29) is 23.7 Å². The number of carbonyl (C=O) groups excluding carboxylic acids is 1. The van der Waals surface area contributed by atoms with Crippen molar-refractivity contribution >= 4 is 5.91 Å². The van der Waals surface area contributed by atoms with Gasteiger partial charge in [-0.05, 0) is 43.4 Å². The number of carbonyl (C=O) groups is 1. The first-order valence-corrected chi connectivity index (χ1v) is 8.93. The van der Waals surface area contributed by atoms with E-state index in [1.165, 1.54) is 13.0 Å². The van der Waals surface area contributed by atoms with Crippen molar-refractivity contribution in [3.05, 3.63) is 35.6 Å². The number of likely N-dealkylation sites (tertiary alicyclic amines) is 1. The zero-order valence-corrected chi connectivity index (χ0v) is 14.5. The van der Waals surface area contributed by atoms with Crippen LogP contribution in [0.2, 0.25) is 0 Å². The fourth-order valence-corrected chi connectivity index (χ4v) is 3.92. The number of hydrogen-bond acceptors (Lipinski definition) is 5. The molecule has 7 heteroatoms. The lowest BCUT2D eigenvalue weighted by molar-refractivity contribution is -0.136. The van der Waals surface area contributed by atoms with Crippen molar-refractivity contribution in [1.82, 2.24) is 15.8 Å². The SMILES string of the molecule is C[C@@H](O)[C@H](N)C(=O)N1CCC(C2NNCC2c2cccc(F)c2)CC1. The highest BCUT2D eigenvalue weighted by molar-refractivity contribution is 5.82. The third kappa shape index (κ3) is 4.00. The highest BCUT2D eigenvalue weighted by Gasteiger charge is 2.37. The number of rotatable bonds is 4. The second kappa shape index (κ2) is 7.78. The maximum atomic E-state index is 13.6. The Kier molecular flexibility index (Phi) is 5.68. The van der Waals surface area contributed by atoms with Gasteiger partial charge in [0, 0.05) is 31.6 Å². The van der Waals surface area contributed by atoms with E-state index in [4.69, 9.17) is 5.73 Å². The van der Waals surface area contributed by atoms with Gasteiger partial charge >= 0.3 is 0 Å². The molecule has 2 heterocycles. The smallest absolute Gasteiger partial charge is 0.242 e. The first kappa shape index (κ1) is 18.3. The summed E-state index contributed by atoms with van der Waals surface area (Å²) in [4.78, 5) is 14.0. The number of nitrogens with two attached hydrogens (primary N) is 1. The van der Waals surface area contributed by atoms with Gasteiger partial charge in [0.15, 0.2) is 0 Å². The molecule has 1 aromatic carbocycles. The molecule has 4 atom stereocenters. The van der Waals surface area contributed by atoms with Crippen LogP contribution in [0.25, 0.3) is 0 Å². The number of halogens is 1. The zero-order chi connectivity index (χ0) is 18.0. The topological polar surface area (TPSA) is 90.6 Å². The molecule has 25 heavy (non-hydrogen) atoms. The van der Waals surface area contributed by atoms with Gasteiger partial charge in [-0.2, -0.15) is 0 Å². The van der Waals surface area contributed by atoms with Gasteiger partial charge < -0.3 is 15.7 Å². The summed E-state index contributed by atoms with van der Waals surface area (Å²) in [6.45, 7) is 3.57.